The van der Waals surface area contributed by atoms with Gasteiger partial charge in [0.15, 0.2) is 0 Å². The zero-order valence-corrected chi connectivity index (χ0v) is 10.1. The summed E-state index contributed by atoms with van der Waals surface area (Å²) in [6.45, 7) is 1.96. The molecule has 2 aromatic heterocycles. The van der Waals surface area contributed by atoms with Gasteiger partial charge in [-0.3, -0.25) is 14.8 Å². The molecule has 0 fully saturated rings. The van der Waals surface area contributed by atoms with Gasteiger partial charge in [0.2, 0.25) is 0 Å². The molecule has 0 unspecified atom stereocenters. The van der Waals surface area contributed by atoms with E-state index >= 15 is 0 Å². The summed E-state index contributed by atoms with van der Waals surface area (Å²) in [5, 5.41) is 9.55. The summed E-state index contributed by atoms with van der Waals surface area (Å²) in [4.78, 5) is 24.1. The lowest BCUT2D eigenvalue weighted by Gasteiger charge is -1.93. The minimum Gasteiger partial charge on any atom is -0.481 e. The van der Waals surface area contributed by atoms with Crippen LogP contribution >= 0.6 is 11.3 Å². The van der Waals surface area contributed by atoms with Crippen LogP contribution in [0.5, 0.6) is 0 Å². The third-order valence-electron chi connectivity index (χ3n) is 2.21. The van der Waals surface area contributed by atoms with E-state index in [1.807, 2.05) is 6.92 Å². The molecule has 0 bridgehead atoms. The summed E-state index contributed by atoms with van der Waals surface area (Å²) in [5.41, 5.74) is 1.52. The molecular weight excluding hydrogens is 238 g/mol. The first-order valence-corrected chi connectivity index (χ1v) is 5.99. The average Bonchev–Trinajstić information content (AvgIpc) is 2.72. The highest BCUT2D eigenvalue weighted by atomic mass is 32.1. The zero-order chi connectivity index (χ0) is 12.3. The van der Waals surface area contributed by atoms with Crippen molar-refractivity contribution in [3.63, 3.8) is 0 Å². The van der Waals surface area contributed by atoms with Crippen LogP contribution in [0, 0.1) is 0 Å². The highest BCUT2D eigenvalue weighted by Gasteiger charge is 2.14. The van der Waals surface area contributed by atoms with Gasteiger partial charge >= 0.3 is 5.97 Å². The minimum absolute atomic E-state index is 0.0150. The predicted molar refractivity (Wildman–Crippen MR) is 63.9 cm³/mol. The van der Waals surface area contributed by atoms with Crippen molar-refractivity contribution in [2.45, 2.75) is 19.8 Å². The highest BCUT2D eigenvalue weighted by Crippen LogP contribution is 2.27. The molecule has 2 rings (SSSR count). The van der Waals surface area contributed by atoms with E-state index in [4.69, 9.17) is 5.11 Å². The number of nitrogens with zero attached hydrogens (tertiary/aromatic N) is 3. The Morgan fingerprint density at radius 2 is 2.29 bits per heavy atom. The number of thiazole rings is 1. The van der Waals surface area contributed by atoms with Crippen LogP contribution in [-0.4, -0.2) is 26.0 Å². The Morgan fingerprint density at radius 3 is 2.88 bits per heavy atom. The number of carbonyl (C=O) groups is 1. The van der Waals surface area contributed by atoms with Gasteiger partial charge in [-0.1, -0.05) is 6.92 Å². The van der Waals surface area contributed by atoms with Crippen LogP contribution < -0.4 is 0 Å². The van der Waals surface area contributed by atoms with E-state index in [9.17, 15) is 4.79 Å². The molecular formula is C11H11N3O2S. The van der Waals surface area contributed by atoms with Crippen molar-refractivity contribution in [3.05, 3.63) is 29.2 Å². The van der Waals surface area contributed by atoms with Gasteiger partial charge < -0.3 is 5.11 Å². The topological polar surface area (TPSA) is 76.0 Å². The number of hydrogen-bond acceptors (Lipinski definition) is 5. The summed E-state index contributed by atoms with van der Waals surface area (Å²) in [5.74, 6) is -0.839. The molecule has 0 amide bonds. The van der Waals surface area contributed by atoms with Gasteiger partial charge in [-0.15, -0.1) is 11.3 Å². The Morgan fingerprint density at radius 1 is 1.47 bits per heavy atom. The third-order valence-corrected chi connectivity index (χ3v) is 3.33. The maximum Gasteiger partial charge on any atom is 0.308 e. The second kappa shape index (κ2) is 5.01. The first kappa shape index (κ1) is 11.7. The van der Waals surface area contributed by atoms with E-state index in [0.717, 1.165) is 22.0 Å². The van der Waals surface area contributed by atoms with Crippen LogP contribution in [0.3, 0.4) is 0 Å². The molecule has 0 saturated heterocycles. The molecule has 0 aromatic carbocycles. The van der Waals surface area contributed by atoms with E-state index in [0.29, 0.717) is 5.69 Å². The van der Waals surface area contributed by atoms with Crippen molar-refractivity contribution in [2.24, 2.45) is 0 Å². The van der Waals surface area contributed by atoms with Gasteiger partial charge in [-0.05, 0) is 6.42 Å². The number of aliphatic carboxylic acids is 1. The fraction of sp³-hybridized carbons (Fsp3) is 0.273. The Balaban J connectivity index is 2.37. The summed E-state index contributed by atoms with van der Waals surface area (Å²) in [6, 6.07) is 0. The molecule has 88 valence electrons. The number of rotatable bonds is 4. The number of carboxylic acids is 1. The van der Waals surface area contributed by atoms with Crippen molar-refractivity contribution < 1.29 is 9.90 Å². The lowest BCUT2D eigenvalue weighted by Crippen LogP contribution is -2.00. The minimum atomic E-state index is -0.839. The van der Waals surface area contributed by atoms with E-state index in [2.05, 4.69) is 15.0 Å². The second-order valence-corrected chi connectivity index (χ2v) is 4.49. The van der Waals surface area contributed by atoms with Crippen LogP contribution in [0.2, 0.25) is 0 Å². The normalized spacial score (nSPS) is 10.4. The molecule has 17 heavy (non-hydrogen) atoms. The lowest BCUT2D eigenvalue weighted by atomic mass is 10.2. The maximum absolute atomic E-state index is 10.7. The van der Waals surface area contributed by atoms with E-state index in [1.165, 1.54) is 11.3 Å². The Bertz CT molecular complexity index is 525. The third kappa shape index (κ3) is 2.65. The van der Waals surface area contributed by atoms with Crippen molar-refractivity contribution in [1.29, 1.82) is 0 Å². The van der Waals surface area contributed by atoms with Crippen LogP contribution in [0.1, 0.15) is 17.5 Å². The van der Waals surface area contributed by atoms with Crippen molar-refractivity contribution >= 4 is 17.3 Å². The number of aromatic nitrogens is 3. The first-order chi connectivity index (χ1) is 8.20. The van der Waals surface area contributed by atoms with Crippen LogP contribution in [0.15, 0.2) is 18.6 Å². The molecule has 1 N–H and O–H groups in total. The molecule has 0 aliphatic rings. The highest BCUT2D eigenvalue weighted by molar-refractivity contribution is 7.15. The van der Waals surface area contributed by atoms with E-state index in [1.54, 1.807) is 18.6 Å². The molecule has 0 atom stereocenters. The standard InChI is InChI=1S/C11H11N3O2S/c1-2-7-9(5-10(15)16)17-11(14-7)8-6-12-3-4-13-8/h3-4,6H,2,5H2,1H3,(H,15,16). The van der Waals surface area contributed by atoms with Gasteiger partial charge in [0, 0.05) is 17.3 Å². The second-order valence-electron chi connectivity index (χ2n) is 3.40. The molecule has 0 spiro atoms. The van der Waals surface area contributed by atoms with Gasteiger partial charge in [0.1, 0.15) is 10.7 Å². The lowest BCUT2D eigenvalue weighted by molar-refractivity contribution is -0.136. The fourth-order valence-corrected chi connectivity index (χ4v) is 2.56. The van der Waals surface area contributed by atoms with Crippen molar-refractivity contribution in [1.82, 2.24) is 15.0 Å². The molecule has 0 aliphatic carbocycles. The molecule has 2 heterocycles. The molecule has 0 saturated carbocycles. The summed E-state index contributed by atoms with van der Waals surface area (Å²) in [6.07, 6.45) is 5.55. The summed E-state index contributed by atoms with van der Waals surface area (Å²) in [7, 11) is 0. The largest absolute Gasteiger partial charge is 0.481 e. The average molecular weight is 249 g/mol. The quantitative estimate of drug-likeness (QED) is 0.894. The van der Waals surface area contributed by atoms with Gasteiger partial charge in [-0.2, -0.15) is 0 Å². The van der Waals surface area contributed by atoms with Gasteiger partial charge in [-0.25, -0.2) is 4.98 Å². The van der Waals surface area contributed by atoms with Crippen LogP contribution in [0.25, 0.3) is 10.7 Å². The number of carboxylic acid groups (broad SMARTS) is 1. The smallest absolute Gasteiger partial charge is 0.308 e. The first-order valence-electron chi connectivity index (χ1n) is 5.17. The molecule has 5 nitrogen and oxygen atoms in total. The van der Waals surface area contributed by atoms with Crippen LogP contribution in [-0.2, 0) is 17.6 Å². The summed E-state index contributed by atoms with van der Waals surface area (Å²) < 4.78 is 0. The van der Waals surface area contributed by atoms with E-state index in [-0.39, 0.29) is 6.42 Å². The van der Waals surface area contributed by atoms with Crippen molar-refractivity contribution in [3.8, 4) is 10.7 Å². The predicted octanol–water partition coefficient (Wildman–Crippen LogP) is 1.79. The fourth-order valence-electron chi connectivity index (χ4n) is 1.45. The molecule has 2 aromatic rings. The Labute approximate surface area is 102 Å². The van der Waals surface area contributed by atoms with E-state index < -0.39 is 5.97 Å². The number of hydrogen-bond donors (Lipinski definition) is 1. The monoisotopic (exact) mass is 249 g/mol. The Kier molecular flexibility index (Phi) is 3.43. The molecule has 6 heteroatoms. The maximum atomic E-state index is 10.7. The Hall–Kier alpha value is -1.82. The summed E-state index contributed by atoms with van der Waals surface area (Å²) >= 11 is 1.37. The van der Waals surface area contributed by atoms with Crippen LogP contribution in [0.4, 0.5) is 0 Å². The molecule has 0 radical (unpaired) electrons. The van der Waals surface area contributed by atoms with Crippen molar-refractivity contribution in [2.75, 3.05) is 0 Å². The van der Waals surface area contributed by atoms with Gasteiger partial charge in [0.25, 0.3) is 0 Å². The number of aryl methyl sites for hydroxylation is 1. The molecule has 0 aliphatic heterocycles. The SMILES string of the molecule is CCc1nc(-c2cnccn2)sc1CC(=O)O. The zero-order valence-electron chi connectivity index (χ0n) is 9.25. The van der Waals surface area contributed by atoms with Gasteiger partial charge in [0.05, 0.1) is 18.3 Å².